The van der Waals surface area contributed by atoms with E-state index in [4.69, 9.17) is 10.2 Å². The highest BCUT2D eigenvalue weighted by atomic mass is 16.7. The second-order valence-corrected chi connectivity index (χ2v) is 4.18. The van der Waals surface area contributed by atoms with Crippen LogP contribution in [0.2, 0.25) is 0 Å². The molecule has 0 atom stereocenters. The second-order valence-electron chi connectivity index (χ2n) is 4.18. The molecular weight excluding hydrogens is 288 g/mol. The fraction of sp³-hybridized carbons (Fsp3) is 0. The molecule has 0 heterocycles. The third-order valence-electron chi connectivity index (χ3n) is 2.63. The minimum Gasteiger partial charge on any atom is -0.449 e. The van der Waals surface area contributed by atoms with Crippen molar-refractivity contribution >= 4 is 24.5 Å². The number of carbonyl (C=O) groups is 2. The van der Waals surface area contributed by atoms with Gasteiger partial charge < -0.3 is 19.7 Å². The van der Waals surface area contributed by atoms with Gasteiger partial charge in [-0.25, -0.2) is 9.59 Å². The molecule has 0 unspecified atom stereocenters. The fourth-order valence-electron chi connectivity index (χ4n) is 1.77. The largest absolute Gasteiger partial charge is 0.511 e. The topological polar surface area (TPSA) is 93.1 Å². The summed E-state index contributed by atoms with van der Waals surface area (Å²) in [6.45, 7) is 0. The molecule has 0 fully saturated rings. The molecule has 0 aromatic heterocycles. The zero-order chi connectivity index (χ0) is 15.9. The SMILES string of the molecule is O=C(O)Oc1cccc(/C=C/c2ccccc2OC(=O)O)c1. The lowest BCUT2D eigenvalue weighted by Gasteiger charge is -2.04. The molecule has 0 bridgehead atoms. The van der Waals surface area contributed by atoms with E-state index in [9.17, 15) is 9.59 Å². The van der Waals surface area contributed by atoms with E-state index in [1.807, 2.05) is 0 Å². The van der Waals surface area contributed by atoms with Crippen LogP contribution in [0, 0.1) is 0 Å². The maximum Gasteiger partial charge on any atom is 0.511 e. The summed E-state index contributed by atoms with van der Waals surface area (Å²) >= 11 is 0. The normalized spacial score (nSPS) is 10.4. The molecule has 0 amide bonds. The highest BCUT2D eigenvalue weighted by Gasteiger charge is 2.05. The first-order chi connectivity index (χ1) is 10.5. The summed E-state index contributed by atoms with van der Waals surface area (Å²) < 4.78 is 9.24. The molecule has 0 aliphatic rings. The average Bonchev–Trinajstić information content (AvgIpc) is 2.45. The first-order valence-electron chi connectivity index (χ1n) is 6.23. The highest BCUT2D eigenvalue weighted by Crippen LogP contribution is 2.22. The highest BCUT2D eigenvalue weighted by molar-refractivity contribution is 5.75. The summed E-state index contributed by atoms with van der Waals surface area (Å²) in [4.78, 5) is 21.1. The Bertz CT molecular complexity index is 720. The molecule has 0 radical (unpaired) electrons. The number of rotatable bonds is 4. The van der Waals surface area contributed by atoms with E-state index >= 15 is 0 Å². The number of ether oxygens (including phenoxy) is 2. The molecule has 2 aromatic carbocycles. The summed E-state index contributed by atoms with van der Waals surface area (Å²) in [6.07, 6.45) is 0.579. The summed E-state index contributed by atoms with van der Waals surface area (Å²) in [6, 6.07) is 13.1. The first-order valence-corrected chi connectivity index (χ1v) is 6.23. The van der Waals surface area contributed by atoms with Crippen molar-refractivity contribution in [3.8, 4) is 11.5 Å². The van der Waals surface area contributed by atoms with E-state index < -0.39 is 12.3 Å². The molecule has 6 nitrogen and oxygen atoms in total. The van der Waals surface area contributed by atoms with Gasteiger partial charge in [-0.2, -0.15) is 0 Å². The minimum atomic E-state index is -1.39. The molecule has 0 aliphatic carbocycles. The molecule has 0 saturated carbocycles. The number of carboxylic acid groups (broad SMARTS) is 2. The van der Waals surface area contributed by atoms with E-state index in [0.29, 0.717) is 11.1 Å². The van der Waals surface area contributed by atoms with Gasteiger partial charge in [-0.3, -0.25) is 0 Å². The Kier molecular flexibility index (Phi) is 4.77. The van der Waals surface area contributed by atoms with E-state index in [1.165, 1.54) is 12.1 Å². The van der Waals surface area contributed by atoms with Crippen molar-refractivity contribution in [2.75, 3.05) is 0 Å². The molecule has 2 N–H and O–H groups in total. The van der Waals surface area contributed by atoms with Crippen LogP contribution in [0.3, 0.4) is 0 Å². The second kappa shape index (κ2) is 6.94. The van der Waals surface area contributed by atoms with Gasteiger partial charge in [-0.15, -0.1) is 0 Å². The number of hydrogen-bond donors (Lipinski definition) is 2. The predicted molar refractivity (Wildman–Crippen MR) is 79.1 cm³/mol. The van der Waals surface area contributed by atoms with Crippen LogP contribution in [0.4, 0.5) is 9.59 Å². The van der Waals surface area contributed by atoms with Crippen molar-refractivity contribution in [2.45, 2.75) is 0 Å². The van der Waals surface area contributed by atoms with Gasteiger partial charge in [0.1, 0.15) is 11.5 Å². The zero-order valence-corrected chi connectivity index (χ0v) is 11.3. The zero-order valence-electron chi connectivity index (χ0n) is 11.3. The van der Waals surface area contributed by atoms with E-state index in [0.717, 1.165) is 0 Å². The molecule has 112 valence electrons. The number of hydrogen-bond acceptors (Lipinski definition) is 4. The maximum atomic E-state index is 10.6. The van der Waals surface area contributed by atoms with Crippen LogP contribution in [0.25, 0.3) is 12.2 Å². The van der Waals surface area contributed by atoms with Gasteiger partial charge in [0.25, 0.3) is 0 Å². The molecule has 2 aromatic rings. The van der Waals surface area contributed by atoms with Gasteiger partial charge in [-0.1, -0.05) is 42.5 Å². The van der Waals surface area contributed by atoms with Crippen molar-refractivity contribution < 1.29 is 29.3 Å². The number of para-hydroxylation sites is 1. The van der Waals surface area contributed by atoms with Crippen LogP contribution in [0.15, 0.2) is 48.5 Å². The third-order valence-corrected chi connectivity index (χ3v) is 2.63. The Morgan fingerprint density at radius 3 is 2.32 bits per heavy atom. The van der Waals surface area contributed by atoms with Crippen LogP contribution >= 0.6 is 0 Å². The summed E-state index contributed by atoms with van der Waals surface area (Å²) in [5.41, 5.74) is 1.28. The van der Waals surface area contributed by atoms with Crippen LogP contribution in [-0.4, -0.2) is 22.5 Å². The Hall–Kier alpha value is -3.28. The number of benzene rings is 2. The van der Waals surface area contributed by atoms with Gasteiger partial charge in [-0.05, 0) is 23.8 Å². The Morgan fingerprint density at radius 1 is 0.864 bits per heavy atom. The van der Waals surface area contributed by atoms with Crippen molar-refractivity contribution in [1.29, 1.82) is 0 Å². The van der Waals surface area contributed by atoms with Gasteiger partial charge in [0.2, 0.25) is 0 Å². The van der Waals surface area contributed by atoms with Gasteiger partial charge in [0.05, 0.1) is 0 Å². The fourth-order valence-corrected chi connectivity index (χ4v) is 1.77. The molecular formula is C16H12O6. The lowest BCUT2D eigenvalue weighted by atomic mass is 10.1. The average molecular weight is 300 g/mol. The maximum absolute atomic E-state index is 10.6. The molecule has 2 rings (SSSR count). The van der Waals surface area contributed by atoms with Crippen molar-refractivity contribution in [1.82, 2.24) is 0 Å². The minimum absolute atomic E-state index is 0.199. The van der Waals surface area contributed by atoms with Crippen LogP contribution in [-0.2, 0) is 0 Å². The molecule has 22 heavy (non-hydrogen) atoms. The Morgan fingerprint density at radius 2 is 1.59 bits per heavy atom. The van der Waals surface area contributed by atoms with E-state index in [2.05, 4.69) is 9.47 Å². The Labute approximate surface area is 125 Å². The van der Waals surface area contributed by atoms with Gasteiger partial charge in [0, 0.05) is 5.56 Å². The van der Waals surface area contributed by atoms with Gasteiger partial charge >= 0.3 is 12.3 Å². The van der Waals surface area contributed by atoms with Crippen molar-refractivity contribution in [3.05, 3.63) is 59.7 Å². The smallest absolute Gasteiger partial charge is 0.449 e. The molecule has 6 heteroatoms. The molecule has 0 spiro atoms. The summed E-state index contributed by atoms with van der Waals surface area (Å²) in [5.74, 6) is 0.411. The van der Waals surface area contributed by atoms with Crippen LogP contribution in [0.5, 0.6) is 11.5 Å². The lowest BCUT2D eigenvalue weighted by Crippen LogP contribution is -2.03. The Balaban J connectivity index is 2.22. The summed E-state index contributed by atoms with van der Waals surface area (Å²) in [5, 5.41) is 17.3. The van der Waals surface area contributed by atoms with E-state index in [1.54, 1.807) is 48.6 Å². The molecule has 0 saturated heterocycles. The van der Waals surface area contributed by atoms with Crippen LogP contribution in [0.1, 0.15) is 11.1 Å². The molecule has 0 aliphatic heterocycles. The monoisotopic (exact) mass is 300 g/mol. The summed E-state index contributed by atoms with van der Waals surface area (Å²) in [7, 11) is 0. The van der Waals surface area contributed by atoms with Gasteiger partial charge in [0.15, 0.2) is 0 Å². The van der Waals surface area contributed by atoms with E-state index in [-0.39, 0.29) is 11.5 Å². The quantitative estimate of drug-likeness (QED) is 0.504. The van der Waals surface area contributed by atoms with Crippen LogP contribution < -0.4 is 9.47 Å². The lowest BCUT2D eigenvalue weighted by molar-refractivity contribution is 0.143. The van der Waals surface area contributed by atoms with Crippen molar-refractivity contribution in [3.63, 3.8) is 0 Å². The first kappa shape index (κ1) is 15.1. The third kappa shape index (κ3) is 4.38. The van der Waals surface area contributed by atoms with Crippen molar-refractivity contribution in [2.24, 2.45) is 0 Å². The standard InChI is InChI=1S/C16H12O6/c17-15(18)21-13-6-3-4-11(10-13)8-9-12-5-1-2-7-14(12)22-16(19)20/h1-10H,(H,17,18)(H,19,20)/b9-8+. The predicted octanol–water partition coefficient (Wildman–Crippen LogP) is 3.97.